The maximum absolute atomic E-state index is 11.9. The van der Waals surface area contributed by atoms with E-state index in [1.165, 1.54) is 0 Å². The fraction of sp³-hybridized carbons (Fsp3) is 0.286. The topological polar surface area (TPSA) is 88.8 Å². The molecule has 1 saturated heterocycles. The molecule has 2 heterocycles. The Balaban J connectivity index is 1.64. The standard InChI is InChI=1S/C21H24N4O3S/c1-15-14-18(16-6-5-8-19(28-2)21(16)23-15)25-12-10-24(11-13-25)17-7-3-4-9-20(17)29(22,26)27/h3-9,14H,10-13H2,1-2H3,(H2,22,26,27). The number of hydrogen-bond acceptors (Lipinski definition) is 6. The smallest absolute Gasteiger partial charge is 0.240 e. The Morgan fingerprint density at radius 2 is 1.62 bits per heavy atom. The van der Waals surface area contributed by atoms with Gasteiger partial charge in [-0.15, -0.1) is 0 Å². The molecule has 2 N–H and O–H groups in total. The number of aryl methyl sites for hydroxylation is 1. The van der Waals surface area contributed by atoms with Crippen molar-refractivity contribution in [1.82, 2.24) is 4.98 Å². The minimum atomic E-state index is -3.77. The van der Waals surface area contributed by atoms with E-state index in [0.29, 0.717) is 18.8 Å². The number of aromatic nitrogens is 1. The molecule has 0 amide bonds. The number of nitrogens with zero attached hydrogens (tertiary/aromatic N) is 3. The summed E-state index contributed by atoms with van der Waals surface area (Å²) in [6.07, 6.45) is 0. The predicted octanol–water partition coefficient (Wildman–Crippen LogP) is 2.53. The van der Waals surface area contributed by atoms with Crippen LogP contribution < -0.4 is 19.7 Å². The quantitative estimate of drug-likeness (QED) is 0.708. The van der Waals surface area contributed by atoms with Gasteiger partial charge in [0.25, 0.3) is 0 Å². The molecule has 0 bridgehead atoms. The van der Waals surface area contributed by atoms with Crippen molar-refractivity contribution >= 4 is 32.3 Å². The molecule has 1 aliphatic rings. The lowest BCUT2D eigenvalue weighted by Crippen LogP contribution is -2.47. The number of para-hydroxylation sites is 2. The molecular formula is C21H24N4O3S. The number of nitrogens with two attached hydrogens (primary N) is 1. The lowest BCUT2D eigenvalue weighted by molar-refractivity contribution is 0.419. The van der Waals surface area contributed by atoms with Crippen LogP contribution in [-0.4, -0.2) is 46.7 Å². The van der Waals surface area contributed by atoms with E-state index in [2.05, 4.69) is 26.9 Å². The second-order valence-corrected chi connectivity index (χ2v) is 8.66. The van der Waals surface area contributed by atoms with Gasteiger partial charge in [0.1, 0.15) is 16.2 Å². The molecule has 0 unspecified atom stereocenters. The van der Waals surface area contributed by atoms with Crippen molar-refractivity contribution in [1.29, 1.82) is 0 Å². The van der Waals surface area contributed by atoms with Crippen LogP contribution in [0.15, 0.2) is 53.4 Å². The molecule has 0 spiro atoms. The zero-order valence-corrected chi connectivity index (χ0v) is 17.3. The second kappa shape index (κ2) is 7.53. The van der Waals surface area contributed by atoms with Crippen molar-refractivity contribution in [3.63, 3.8) is 0 Å². The van der Waals surface area contributed by atoms with Crippen molar-refractivity contribution in [3.05, 3.63) is 54.2 Å². The van der Waals surface area contributed by atoms with Gasteiger partial charge in [0.15, 0.2) is 0 Å². The Bertz CT molecular complexity index is 1160. The van der Waals surface area contributed by atoms with E-state index in [1.807, 2.05) is 31.2 Å². The van der Waals surface area contributed by atoms with Crippen LogP contribution in [0.5, 0.6) is 5.75 Å². The number of piperazine rings is 1. The number of rotatable bonds is 4. The van der Waals surface area contributed by atoms with Crippen LogP contribution in [0.1, 0.15) is 5.69 Å². The summed E-state index contributed by atoms with van der Waals surface area (Å²) in [7, 11) is -2.12. The van der Waals surface area contributed by atoms with E-state index in [1.54, 1.807) is 19.2 Å². The van der Waals surface area contributed by atoms with Gasteiger partial charge in [0.05, 0.1) is 12.8 Å². The molecule has 1 fully saturated rings. The highest BCUT2D eigenvalue weighted by molar-refractivity contribution is 7.89. The summed E-state index contributed by atoms with van der Waals surface area (Å²) < 4.78 is 29.4. The third kappa shape index (κ3) is 3.73. The van der Waals surface area contributed by atoms with Crippen LogP contribution in [0.2, 0.25) is 0 Å². The highest BCUT2D eigenvalue weighted by atomic mass is 32.2. The first kappa shape index (κ1) is 19.5. The Hall–Kier alpha value is -2.84. The number of fused-ring (bicyclic) bond motifs is 1. The molecule has 0 saturated carbocycles. The molecule has 3 aromatic rings. The fourth-order valence-corrected chi connectivity index (χ4v) is 4.66. The van der Waals surface area contributed by atoms with Crippen molar-refractivity contribution in [2.45, 2.75) is 11.8 Å². The minimum Gasteiger partial charge on any atom is -0.494 e. The average molecular weight is 413 g/mol. The minimum absolute atomic E-state index is 0.170. The van der Waals surface area contributed by atoms with Crippen molar-refractivity contribution in [3.8, 4) is 5.75 Å². The second-order valence-electron chi connectivity index (χ2n) is 7.13. The average Bonchev–Trinajstić information content (AvgIpc) is 2.72. The number of sulfonamides is 1. The third-order valence-corrected chi connectivity index (χ3v) is 6.22. The first-order valence-corrected chi connectivity index (χ1v) is 11.0. The highest BCUT2D eigenvalue weighted by Crippen LogP contribution is 2.33. The van der Waals surface area contributed by atoms with E-state index in [4.69, 9.17) is 9.88 Å². The van der Waals surface area contributed by atoms with Crippen LogP contribution in [0.3, 0.4) is 0 Å². The van der Waals surface area contributed by atoms with Crippen LogP contribution in [0, 0.1) is 6.92 Å². The molecular weight excluding hydrogens is 388 g/mol. The number of methoxy groups -OCH3 is 1. The number of ether oxygens (including phenoxy) is 1. The molecule has 0 radical (unpaired) electrons. The monoisotopic (exact) mass is 412 g/mol. The maximum atomic E-state index is 11.9. The van der Waals surface area contributed by atoms with E-state index in [0.717, 1.165) is 41.1 Å². The molecule has 29 heavy (non-hydrogen) atoms. The number of pyridine rings is 1. The van der Waals surface area contributed by atoms with Crippen LogP contribution in [0.25, 0.3) is 10.9 Å². The van der Waals surface area contributed by atoms with Gasteiger partial charge < -0.3 is 14.5 Å². The Kier molecular flexibility index (Phi) is 5.06. The molecule has 0 atom stereocenters. The summed E-state index contributed by atoms with van der Waals surface area (Å²) in [6, 6.07) is 14.9. The first-order chi connectivity index (χ1) is 13.9. The zero-order chi connectivity index (χ0) is 20.6. The van der Waals surface area contributed by atoms with E-state index in [-0.39, 0.29) is 4.90 Å². The molecule has 7 nitrogen and oxygen atoms in total. The summed E-state index contributed by atoms with van der Waals surface area (Å²) in [5.74, 6) is 0.758. The first-order valence-electron chi connectivity index (χ1n) is 9.44. The van der Waals surface area contributed by atoms with Gasteiger partial charge in [-0.1, -0.05) is 24.3 Å². The Labute approximate surface area is 170 Å². The molecule has 2 aromatic carbocycles. The van der Waals surface area contributed by atoms with Gasteiger partial charge >= 0.3 is 0 Å². The Morgan fingerprint density at radius 1 is 0.966 bits per heavy atom. The lowest BCUT2D eigenvalue weighted by Gasteiger charge is -2.38. The largest absolute Gasteiger partial charge is 0.494 e. The van der Waals surface area contributed by atoms with Gasteiger partial charge in [-0.05, 0) is 31.2 Å². The molecule has 1 aromatic heterocycles. The molecule has 152 valence electrons. The van der Waals surface area contributed by atoms with E-state index >= 15 is 0 Å². The van der Waals surface area contributed by atoms with Crippen molar-refractivity contribution in [2.24, 2.45) is 5.14 Å². The number of primary sulfonamides is 1. The van der Waals surface area contributed by atoms with Gasteiger partial charge in [0, 0.05) is 42.9 Å². The van der Waals surface area contributed by atoms with Gasteiger partial charge in [0.2, 0.25) is 10.0 Å². The highest BCUT2D eigenvalue weighted by Gasteiger charge is 2.24. The van der Waals surface area contributed by atoms with Crippen LogP contribution in [0.4, 0.5) is 11.4 Å². The normalized spacial score (nSPS) is 15.0. The number of hydrogen-bond donors (Lipinski definition) is 1. The third-order valence-electron chi connectivity index (χ3n) is 5.26. The summed E-state index contributed by atoms with van der Waals surface area (Å²) in [4.78, 5) is 9.22. The van der Waals surface area contributed by atoms with Crippen molar-refractivity contribution in [2.75, 3.05) is 43.1 Å². The summed E-state index contributed by atoms with van der Waals surface area (Å²) in [6.45, 7) is 4.89. The van der Waals surface area contributed by atoms with Gasteiger partial charge in [-0.25, -0.2) is 18.5 Å². The van der Waals surface area contributed by atoms with Gasteiger partial charge in [-0.2, -0.15) is 0 Å². The van der Waals surface area contributed by atoms with Gasteiger partial charge in [-0.3, -0.25) is 0 Å². The fourth-order valence-electron chi connectivity index (χ4n) is 3.90. The van der Waals surface area contributed by atoms with E-state index < -0.39 is 10.0 Å². The predicted molar refractivity (Wildman–Crippen MR) is 115 cm³/mol. The van der Waals surface area contributed by atoms with E-state index in [9.17, 15) is 8.42 Å². The number of anilines is 2. The molecule has 1 aliphatic heterocycles. The van der Waals surface area contributed by atoms with Crippen LogP contribution in [-0.2, 0) is 10.0 Å². The zero-order valence-electron chi connectivity index (χ0n) is 16.5. The van der Waals surface area contributed by atoms with Crippen LogP contribution >= 0.6 is 0 Å². The summed E-state index contributed by atoms with van der Waals surface area (Å²) in [5, 5.41) is 6.45. The Morgan fingerprint density at radius 3 is 2.28 bits per heavy atom. The molecule has 0 aliphatic carbocycles. The summed E-state index contributed by atoms with van der Waals surface area (Å²) in [5.41, 5.74) is 3.56. The molecule has 8 heteroatoms. The summed E-state index contributed by atoms with van der Waals surface area (Å²) >= 11 is 0. The lowest BCUT2D eigenvalue weighted by atomic mass is 10.1. The van der Waals surface area contributed by atoms with Crippen molar-refractivity contribution < 1.29 is 13.2 Å². The SMILES string of the molecule is COc1cccc2c(N3CCN(c4ccccc4S(N)(=O)=O)CC3)cc(C)nc12. The molecule has 4 rings (SSSR count). The number of benzene rings is 2. The maximum Gasteiger partial charge on any atom is 0.240 e.